The number of H-pyrrole nitrogens is 1. The Hall–Kier alpha value is -4.66. The minimum absolute atomic E-state index is 0.0655. The lowest BCUT2D eigenvalue weighted by molar-refractivity contribution is 0.477. The van der Waals surface area contributed by atoms with E-state index < -0.39 is 0 Å². The summed E-state index contributed by atoms with van der Waals surface area (Å²) in [6.45, 7) is 5.75. The summed E-state index contributed by atoms with van der Waals surface area (Å²) in [5.74, 6) is -0.0865. The van der Waals surface area contributed by atoms with Gasteiger partial charge in [0.05, 0.1) is 17.1 Å². The molecule has 0 fully saturated rings. The number of rotatable bonds is 5. The van der Waals surface area contributed by atoms with E-state index in [4.69, 9.17) is 11.5 Å². The number of aromatic amines is 1. The molecule has 0 bridgehead atoms. The van der Waals surface area contributed by atoms with Gasteiger partial charge in [0.15, 0.2) is 11.6 Å². The molecule has 4 rings (SSSR count). The van der Waals surface area contributed by atoms with Gasteiger partial charge in [-0.25, -0.2) is 9.67 Å². The smallest absolute Gasteiger partial charge is 0.299 e. The Morgan fingerprint density at radius 3 is 2.29 bits per heavy atom. The van der Waals surface area contributed by atoms with E-state index in [1.54, 1.807) is 49.4 Å². The molecule has 172 valence electrons. The lowest BCUT2D eigenvalue weighted by Gasteiger charge is -2.09. The van der Waals surface area contributed by atoms with Gasteiger partial charge in [-0.05, 0) is 56.2 Å². The summed E-state index contributed by atoms with van der Waals surface area (Å²) in [5, 5.41) is 22.1. The van der Waals surface area contributed by atoms with Gasteiger partial charge in [0.25, 0.3) is 5.56 Å². The number of nitrogens with zero attached hydrogens (tertiary/aromatic N) is 4. The molecule has 0 atom stereocenters. The predicted molar refractivity (Wildman–Crippen MR) is 134 cm³/mol. The van der Waals surface area contributed by atoms with Crippen molar-refractivity contribution < 1.29 is 5.11 Å². The average Bonchev–Trinajstić information content (AvgIpc) is 3.08. The molecule has 3 aromatic carbocycles. The second-order valence-electron chi connectivity index (χ2n) is 7.92. The van der Waals surface area contributed by atoms with Crippen LogP contribution in [0.1, 0.15) is 16.8 Å². The number of guanidine groups is 1. The van der Waals surface area contributed by atoms with Crippen molar-refractivity contribution in [2.75, 3.05) is 0 Å². The molecule has 6 N–H and O–H groups in total. The molecule has 9 nitrogen and oxygen atoms in total. The fourth-order valence-electron chi connectivity index (χ4n) is 3.59. The molecule has 0 saturated carbocycles. The standard InChI is InChI=1S/C25H25N7O2/c1-14-11-12-17(13-15(14)2)32-24(34)22(16(3)31-32)29-30-23-19(18-7-4-5-10-21(18)33)8-6-9-20(23)28-25(26)27/h4-13,31,33H,1-3H3,(H4,26,27,28). The Bertz CT molecular complexity index is 1490. The first kappa shape index (κ1) is 22.5. The van der Waals surface area contributed by atoms with E-state index >= 15 is 0 Å². The second-order valence-corrected chi connectivity index (χ2v) is 7.92. The molecule has 34 heavy (non-hydrogen) atoms. The first-order chi connectivity index (χ1) is 16.3. The number of aryl methyl sites for hydroxylation is 3. The zero-order valence-electron chi connectivity index (χ0n) is 19.1. The first-order valence-electron chi connectivity index (χ1n) is 10.6. The topological polar surface area (TPSA) is 147 Å². The summed E-state index contributed by atoms with van der Waals surface area (Å²) >= 11 is 0. The summed E-state index contributed by atoms with van der Waals surface area (Å²) in [6, 6.07) is 17.8. The maximum Gasteiger partial charge on any atom is 0.299 e. The lowest BCUT2D eigenvalue weighted by atomic mass is 10.0. The molecule has 1 aromatic heterocycles. The molecule has 0 aliphatic carbocycles. The highest BCUT2D eigenvalue weighted by atomic mass is 16.3. The third-order valence-corrected chi connectivity index (χ3v) is 5.50. The Kier molecular flexibility index (Phi) is 6.01. The zero-order valence-corrected chi connectivity index (χ0v) is 19.1. The van der Waals surface area contributed by atoms with Gasteiger partial charge >= 0.3 is 0 Å². The van der Waals surface area contributed by atoms with Gasteiger partial charge in [0.2, 0.25) is 0 Å². The minimum Gasteiger partial charge on any atom is -0.507 e. The van der Waals surface area contributed by atoms with E-state index in [0.29, 0.717) is 33.9 Å². The number of benzene rings is 3. The number of aromatic hydroxyl groups is 1. The van der Waals surface area contributed by atoms with E-state index in [9.17, 15) is 9.90 Å². The van der Waals surface area contributed by atoms with Gasteiger partial charge < -0.3 is 16.6 Å². The van der Waals surface area contributed by atoms with Crippen LogP contribution in [-0.4, -0.2) is 20.8 Å². The molecule has 0 spiro atoms. The van der Waals surface area contributed by atoms with Crippen molar-refractivity contribution >= 4 is 23.0 Å². The summed E-state index contributed by atoms with van der Waals surface area (Å²) in [6.07, 6.45) is 0. The third kappa shape index (κ3) is 4.31. The number of phenolic OH excluding ortho intramolecular Hbond substituents is 1. The average molecular weight is 456 g/mol. The van der Waals surface area contributed by atoms with E-state index in [1.807, 2.05) is 32.0 Å². The van der Waals surface area contributed by atoms with Crippen LogP contribution in [-0.2, 0) is 0 Å². The van der Waals surface area contributed by atoms with Gasteiger partial charge in [-0.1, -0.05) is 36.4 Å². The maximum atomic E-state index is 13.1. The van der Waals surface area contributed by atoms with Gasteiger partial charge in [-0.2, -0.15) is 0 Å². The number of aliphatic imine (C=N–C) groups is 1. The number of nitrogens with two attached hydrogens (primary N) is 2. The Morgan fingerprint density at radius 1 is 0.882 bits per heavy atom. The van der Waals surface area contributed by atoms with Crippen LogP contribution in [0.5, 0.6) is 5.75 Å². The number of nitrogens with one attached hydrogen (secondary N) is 1. The largest absolute Gasteiger partial charge is 0.507 e. The molecule has 0 aliphatic heterocycles. The molecular weight excluding hydrogens is 430 g/mol. The van der Waals surface area contributed by atoms with Crippen LogP contribution in [0.4, 0.5) is 17.1 Å². The SMILES string of the molecule is Cc1ccc(-n2[nH]c(C)c(N=Nc3c(N=C(N)N)cccc3-c3ccccc3O)c2=O)cc1C. The van der Waals surface area contributed by atoms with Gasteiger partial charge in [0, 0.05) is 11.1 Å². The van der Waals surface area contributed by atoms with Crippen molar-refractivity contribution in [1.29, 1.82) is 0 Å². The quantitative estimate of drug-likeness (QED) is 0.195. The van der Waals surface area contributed by atoms with Crippen LogP contribution in [0.3, 0.4) is 0 Å². The Morgan fingerprint density at radius 2 is 1.59 bits per heavy atom. The molecule has 0 radical (unpaired) electrons. The first-order valence-corrected chi connectivity index (χ1v) is 10.6. The van der Waals surface area contributed by atoms with Crippen molar-refractivity contribution in [2.24, 2.45) is 26.7 Å². The highest BCUT2D eigenvalue weighted by molar-refractivity contribution is 5.89. The van der Waals surface area contributed by atoms with Crippen molar-refractivity contribution in [3.8, 4) is 22.6 Å². The van der Waals surface area contributed by atoms with Crippen LogP contribution < -0.4 is 17.0 Å². The fraction of sp³-hybridized carbons (Fsp3) is 0.120. The number of phenols is 1. The van der Waals surface area contributed by atoms with Gasteiger partial charge in [0.1, 0.15) is 11.4 Å². The number of azo groups is 1. The molecule has 4 aromatic rings. The zero-order chi connectivity index (χ0) is 24.4. The van der Waals surface area contributed by atoms with E-state index in [0.717, 1.165) is 11.1 Å². The van der Waals surface area contributed by atoms with Gasteiger partial charge in [-0.3, -0.25) is 9.89 Å². The van der Waals surface area contributed by atoms with E-state index in [-0.39, 0.29) is 23.0 Å². The molecule has 0 saturated heterocycles. The monoisotopic (exact) mass is 455 g/mol. The van der Waals surface area contributed by atoms with Crippen molar-refractivity contribution in [2.45, 2.75) is 20.8 Å². The van der Waals surface area contributed by atoms with Crippen LogP contribution in [0.25, 0.3) is 16.8 Å². The minimum atomic E-state index is -0.340. The highest BCUT2D eigenvalue weighted by Crippen LogP contribution is 2.42. The van der Waals surface area contributed by atoms with Crippen LogP contribution in [0, 0.1) is 20.8 Å². The molecule has 0 unspecified atom stereocenters. The summed E-state index contributed by atoms with van der Waals surface area (Å²) in [4.78, 5) is 17.3. The highest BCUT2D eigenvalue weighted by Gasteiger charge is 2.16. The second kappa shape index (κ2) is 9.07. The van der Waals surface area contributed by atoms with Crippen molar-refractivity contribution in [3.63, 3.8) is 0 Å². The summed E-state index contributed by atoms with van der Waals surface area (Å²) < 4.78 is 1.43. The number of hydrogen-bond acceptors (Lipinski definition) is 5. The van der Waals surface area contributed by atoms with E-state index in [1.165, 1.54) is 4.68 Å². The number of para-hydroxylation sites is 1. The third-order valence-electron chi connectivity index (χ3n) is 5.50. The fourth-order valence-corrected chi connectivity index (χ4v) is 3.59. The van der Waals surface area contributed by atoms with Crippen molar-refractivity contribution in [3.05, 3.63) is 87.8 Å². The molecule has 1 heterocycles. The number of hydrogen-bond donors (Lipinski definition) is 4. The van der Waals surface area contributed by atoms with Crippen LogP contribution >= 0.6 is 0 Å². The predicted octanol–water partition coefficient (Wildman–Crippen LogP) is 4.78. The maximum absolute atomic E-state index is 13.1. The van der Waals surface area contributed by atoms with Gasteiger partial charge in [-0.15, -0.1) is 10.2 Å². The molecule has 0 amide bonds. The Labute approximate surface area is 196 Å². The van der Waals surface area contributed by atoms with Crippen LogP contribution in [0.2, 0.25) is 0 Å². The number of aromatic nitrogens is 2. The van der Waals surface area contributed by atoms with Crippen molar-refractivity contribution in [1.82, 2.24) is 9.78 Å². The summed E-state index contributed by atoms with van der Waals surface area (Å²) in [5.41, 5.74) is 16.2. The van der Waals surface area contributed by atoms with Crippen LogP contribution in [0.15, 0.2) is 80.7 Å². The molecule has 9 heteroatoms. The molecular formula is C25H25N7O2. The summed E-state index contributed by atoms with van der Waals surface area (Å²) in [7, 11) is 0. The lowest BCUT2D eigenvalue weighted by Crippen LogP contribution is -2.21. The normalized spacial score (nSPS) is 11.1. The van der Waals surface area contributed by atoms with E-state index in [2.05, 4.69) is 20.3 Å². The molecule has 0 aliphatic rings. The Balaban J connectivity index is 1.85.